The van der Waals surface area contributed by atoms with Crippen LogP contribution >= 0.6 is 11.3 Å². The molecular formula is C22H20N2O4S. The van der Waals surface area contributed by atoms with Crippen molar-refractivity contribution in [3.05, 3.63) is 70.7 Å². The van der Waals surface area contributed by atoms with Gasteiger partial charge in [-0.05, 0) is 32.9 Å². The quantitative estimate of drug-likeness (QED) is 0.479. The molecule has 0 unspecified atom stereocenters. The second-order valence-electron chi connectivity index (χ2n) is 6.47. The minimum Gasteiger partial charge on any atom is -0.448 e. The van der Waals surface area contributed by atoms with Crippen LogP contribution in [0.5, 0.6) is 0 Å². The number of rotatable bonds is 6. The molecule has 2 aromatic carbocycles. The highest BCUT2D eigenvalue weighted by Gasteiger charge is 2.23. The maximum absolute atomic E-state index is 12.5. The number of aromatic nitrogens is 1. The molecule has 0 aliphatic heterocycles. The van der Waals surface area contributed by atoms with Crippen LogP contribution in [0.3, 0.4) is 0 Å². The van der Waals surface area contributed by atoms with Crippen LogP contribution in [0.15, 0.2) is 54.6 Å². The fraction of sp³-hybridized carbons (Fsp3) is 0.182. The summed E-state index contributed by atoms with van der Waals surface area (Å²) in [5, 5.41) is 3.37. The zero-order valence-electron chi connectivity index (χ0n) is 16.3. The Bertz CT molecular complexity index is 1060. The van der Waals surface area contributed by atoms with Crippen molar-refractivity contribution in [2.45, 2.75) is 26.9 Å². The molecule has 148 valence electrons. The lowest BCUT2D eigenvalue weighted by atomic mass is 10.1. The molecule has 0 saturated carbocycles. The van der Waals surface area contributed by atoms with Gasteiger partial charge in [0.2, 0.25) is 0 Å². The van der Waals surface area contributed by atoms with Crippen molar-refractivity contribution >= 4 is 34.7 Å². The summed E-state index contributed by atoms with van der Waals surface area (Å²) in [5.41, 5.74) is 2.42. The molecular weight excluding hydrogens is 388 g/mol. The average molecular weight is 408 g/mol. The minimum absolute atomic E-state index is 0.101. The van der Waals surface area contributed by atoms with Crippen LogP contribution in [0, 0.1) is 6.92 Å². The van der Waals surface area contributed by atoms with Crippen molar-refractivity contribution in [2.75, 3.05) is 5.32 Å². The lowest BCUT2D eigenvalue weighted by Crippen LogP contribution is -2.30. The number of ether oxygens (including phenoxy) is 1. The molecule has 6 nitrogen and oxygen atoms in total. The average Bonchev–Trinajstić information content (AvgIpc) is 3.10. The van der Waals surface area contributed by atoms with E-state index in [1.807, 2.05) is 30.3 Å². The summed E-state index contributed by atoms with van der Waals surface area (Å²) >= 11 is 1.23. The SMILES string of the molecule is CC(=O)c1cccc(NC(=O)[C@@H](C)OC(=O)c2sc(-c3ccccc3)nc2C)c1. The zero-order valence-corrected chi connectivity index (χ0v) is 17.1. The van der Waals surface area contributed by atoms with E-state index in [0.717, 1.165) is 5.56 Å². The molecule has 1 aromatic heterocycles. The van der Waals surface area contributed by atoms with E-state index in [4.69, 9.17) is 4.74 Å². The number of carbonyl (C=O) groups excluding carboxylic acids is 3. The smallest absolute Gasteiger partial charge is 0.351 e. The molecule has 3 aromatic rings. The van der Waals surface area contributed by atoms with Crippen LogP contribution in [0.1, 0.15) is 39.6 Å². The molecule has 0 bridgehead atoms. The first kappa shape index (κ1) is 20.4. The van der Waals surface area contributed by atoms with E-state index in [1.165, 1.54) is 25.2 Å². The second-order valence-corrected chi connectivity index (χ2v) is 7.47. The lowest BCUT2D eigenvalue weighted by molar-refractivity contribution is -0.123. The molecule has 1 atom stereocenters. The molecule has 29 heavy (non-hydrogen) atoms. The molecule has 1 amide bonds. The number of anilines is 1. The summed E-state index contributed by atoms with van der Waals surface area (Å²) < 4.78 is 5.33. The minimum atomic E-state index is -1.01. The Balaban J connectivity index is 1.67. The summed E-state index contributed by atoms with van der Waals surface area (Å²) in [5.74, 6) is -1.18. The number of esters is 1. The largest absolute Gasteiger partial charge is 0.448 e. The number of thiazole rings is 1. The molecule has 0 saturated heterocycles. The van der Waals surface area contributed by atoms with Crippen molar-refractivity contribution in [3.63, 3.8) is 0 Å². The molecule has 0 radical (unpaired) electrons. The first-order valence-corrected chi connectivity index (χ1v) is 9.82. The van der Waals surface area contributed by atoms with E-state index in [9.17, 15) is 14.4 Å². The molecule has 1 N–H and O–H groups in total. The van der Waals surface area contributed by atoms with E-state index < -0.39 is 18.0 Å². The Morgan fingerprint density at radius 2 is 1.79 bits per heavy atom. The van der Waals surface area contributed by atoms with Crippen LogP contribution in [-0.4, -0.2) is 28.7 Å². The van der Waals surface area contributed by atoms with Crippen LogP contribution < -0.4 is 5.32 Å². The zero-order chi connectivity index (χ0) is 21.0. The number of carbonyl (C=O) groups is 3. The highest BCUT2D eigenvalue weighted by Crippen LogP contribution is 2.28. The van der Waals surface area contributed by atoms with Gasteiger partial charge >= 0.3 is 5.97 Å². The van der Waals surface area contributed by atoms with Gasteiger partial charge in [-0.25, -0.2) is 9.78 Å². The molecule has 0 spiro atoms. The second kappa shape index (κ2) is 8.79. The number of hydrogen-bond donors (Lipinski definition) is 1. The summed E-state index contributed by atoms with van der Waals surface area (Å²) in [6.07, 6.45) is -1.01. The third-order valence-electron chi connectivity index (χ3n) is 4.19. The standard InChI is InChI=1S/C22H20N2O4S/c1-13-19(29-21(23-13)16-8-5-4-6-9-16)22(27)28-15(3)20(26)24-18-11-7-10-17(12-18)14(2)25/h4-12,15H,1-3H3,(H,24,26)/t15-/m1/s1. The Morgan fingerprint density at radius 1 is 1.07 bits per heavy atom. The van der Waals surface area contributed by atoms with E-state index in [0.29, 0.717) is 26.8 Å². The number of ketones is 1. The Labute approximate surface area is 172 Å². The third-order valence-corrected chi connectivity index (χ3v) is 5.38. The van der Waals surface area contributed by atoms with E-state index >= 15 is 0 Å². The van der Waals surface area contributed by atoms with Crippen molar-refractivity contribution in [1.29, 1.82) is 0 Å². The number of hydrogen-bond acceptors (Lipinski definition) is 6. The highest BCUT2D eigenvalue weighted by molar-refractivity contribution is 7.17. The van der Waals surface area contributed by atoms with Gasteiger partial charge in [-0.1, -0.05) is 42.5 Å². The van der Waals surface area contributed by atoms with Gasteiger partial charge in [-0.2, -0.15) is 0 Å². The van der Waals surface area contributed by atoms with Crippen molar-refractivity contribution in [2.24, 2.45) is 0 Å². The van der Waals surface area contributed by atoms with Crippen LogP contribution in [0.25, 0.3) is 10.6 Å². The summed E-state index contributed by atoms with van der Waals surface area (Å²) in [6, 6.07) is 16.1. The number of nitrogens with one attached hydrogen (secondary N) is 1. The van der Waals surface area contributed by atoms with Gasteiger partial charge < -0.3 is 10.1 Å². The van der Waals surface area contributed by atoms with Gasteiger partial charge in [0.05, 0.1) is 5.69 Å². The maximum Gasteiger partial charge on any atom is 0.351 e. The van der Waals surface area contributed by atoms with Gasteiger partial charge in [0.25, 0.3) is 5.91 Å². The number of aryl methyl sites for hydroxylation is 1. The molecule has 0 aliphatic rings. The molecule has 7 heteroatoms. The van der Waals surface area contributed by atoms with E-state index in [-0.39, 0.29) is 5.78 Å². The number of amides is 1. The molecule has 0 fully saturated rings. The predicted molar refractivity (Wildman–Crippen MR) is 112 cm³/mol. The summed E-state index contributed by atoms with van der Waals surface area (Å²) in [6.45, 7) is 4.68. The van der Waals surface area contributed by atoms with Crippen LogP contribution in [-0.2, 0) is 9.53 Å². The van der Waals surface area contributed by atoms with Crippen molar-refractivity contribution < 1.29 is 19.1 Å². The van der Waals surface area contributed by atoms with Gasteiger partial charge in [-0.3, -0.25) is 9.59 Å². The Kier molecular flexibility index (Phi) is 6.19. The lowest BCUT2D eigenvalue weighted by Gasteiger charge is -2.13. The Hall–Kier alpha value is -3.32. The first-order valence-electron chi connectivity index (χ1n) is 9.01. The highest BCUT2D eigenvalue weighted by atomic mass is 32.1. The fourth-order valence-corrected chi connectivity index (χ4v) is 3.57. The first-order chi connectivity index (χ1) is 13.8. The van der Waals surface area contributed by atoms with Crippen LogP contribution in [0.2, 0.25) is 0 Å². The van der Waals surface area contributed by atoms with Gasteiger partial charge in [-0.15, -0.1) is 11.3 Å². The molecule has 0 aliphatic carbocycles. The van der Waals surface area contributed by atoms with E-state index in [1.54, 1.807) is 31.2 Å². The predicted octanol–water partition coefficient (Wildman–Crippen LogP) is 4.51. The van der Waals surface area contributed by atoms with Gasteiger partial charge in [0, 0.05) is 16.8 Å². The summed E-state index contributed by atoms with van der Waals surface area (Å²) in [7, 11) is 0. The monoisotopic (exact) mass is 408 g/mol. The molecule has 3 rings (SSSR count). The van der Waals surface area contributed by atoms with Crippen molar-refractivity contribution in [3.8, 4) is 10.6 Å². The number of benzene rings is 2. The van der Waals surface area contributed by atoms with Gasteiger partial charge in [0.15, 0.2) is 11.9 Å². The van der Waals surface area contributed by atoms with Crippen molar-refractivity contribution in [1.82, 2.24) is 4.98 Å². The Morgan fingerprint density at radius 3 is 2.48 bits per heavy atom. The summed E-state index contributed by atoms with van der Waals surface area (Å²) in [4.78, 5) is 41.2. The number of Topliss-reactive ketones (excluding diaryl/α,β-unsaturated/α-hetero) is 1. The maximum atomic E-state index is 12.5. The fourth-order valence-electron chi connectivity index (χ4n) is 2.62. The van der Waals surface area contributed by atoms with Crippen LogP contribution in [0.4, 0.5) is 5.69 Å². The topological polar surface area (TPSA) is 85.4 Å². The number of nitrogens with zero attached hydrogens (tertiary/aromatic N) is 1. The van der Waals surface area contributed by atoms with E-state index in [2.05, 4.69) is 10.3 Å². The third kappa shape index (κ3) is 4.94. The van der Waals surface area contributed by atoms with Gasteiger partial charge in [0.1, 0.15) is 9.88 Å². The normalized spacial score (nSPS) is 11.6. The molecule has 1 heterocycles.